The molecule has 1 unspecified atom stereocenters. The first-order valence-electron chi connectivity index (χ1n) is 8.08. The van der Waals surface area contributed by atoms with E-state index < -0.39 is 0 Å². The maximum Gasteiger partial charge on any atom is -0.0146 e. The molecule has 2 aliphatic rings. The fourth-order valence-electron chi connectivity index (χ4n) is 4.15. The van der Waals surface area contributed by atoms with E-state index >= 15 is 0 Å². The second-order valence-electron chi connectivity index (χ2n) is 6.40. The van der Waals surface area contributed by atoms with Gasteiger partial charge < -0.3 is 0 Å². The van der Waals surface area contributed by atoms with Gasteiger partial charge in [-0.25, -0.2) is 0 Å². The molecule has 0 fully saturated rings. The molecule has 0 heteroatoms. The van der Waals surface area contributed by atoms with Gasteiger partial charge in [0, 0.05) is 0 Å². The third kappa shape index (κ3) is 1.82. The molecule has 102 valence electrons. The van der Waals surface area contributed by atoms with Crippen molar-refractivity contribution in [3.05, 3.63) is 58.7 Å². The van der Waals surface area contributed by atoms with Gasteiger partial charge >= 0.3 is 0 Å². The maximum atomic E-state index is 2.41. The molecule has 0 N–H and O–H groups in total. The third-order valence-corrected chi connectivity index (χ3v) is 5.37. The zero-order valence-corrected chi connectivity index (χ0v) is 12.3. The molecule has 0 amide bonds. The number of benzene rings is 2. The molecule has 0 bridgehead atoms. The first-order valence-corrected chi connectivity index (χ1v) is 8.08. The lowest BCUT2D eigenvalue weighted by Crippen LogP contribution is -2.17. The van der Waals surface area contributed by atoms with Crippen LogP contribution in [-0.2, 0) is 25.7 Å². The van der Waals surface area contributed by atoms with Crippen LogP contribution in [0.2, 0.25) is 0 Å². The Bertz CT molecular complexity index is 651. The zero-order valence-electron chi connectivity index (χ0n) is 12.3. The Morgan fingerprint density at radius 2 is 1.75 bits per heavy atom. The lowest BCUT2D eigenvalue weighted by molar-refractivity contribution is 0.443. The van der Waals surface area contributed by atoms with Crippen molar-refractivity contribution in [1.82, 2.24) is 0 Å². The van der Waals surface area contributed by atoms with Crippen LogP contribution in [0.3, 0.4) is 0 Å². The van der Waals surface area contributed by atoms with Crippen LogP contribution in [0.25, 0.3) is 11.1 Å². The summed E-state index contributed by atoms with van der Waals surface area (Å²) in [6.45, 7) is 2.34. The van der Waals surface area contributed by atoms with Crippen molar-refractivity contribution in [2.24, 2.45) is 5.92 Å². The summed E-state index contributed by atoms with van der Waals surface area (Å²) in [6, 6.07) is 13.8. The van der Waals surface area contributed by atoms with Crippen LogP contribution in [0.4, 0.5) is 0 Å². The molecule has 2 aromatic carbocycles. The van der Waals surface area contributed by atoms with Crippen molar-refractivity contribution in [2.75, 3.05) is 0 Å². The molecule has 4 rings (SSSR count). The Balaban J connectivity index is 1.84. The summed E-state index contributed by atoms with van der Waals surface area (Å²) in [5.74, 6) is 0.913. The van der Waals surface area contributed by atoms with Crippen molar-refractivity contribution < 1.29 is 0 Å². The first-order chi connectivity index (χ1) is 9.86. The quantitative estimate of drug-likeness (QED) is 0.681. The number of hydrogen-bond acceptors (Lipinski definition) is 0. The Morgan fingerprint density at radius 3 is 2.65 bits per heavy atom. The SMILES string of the molecule is CCC1CCc2c(ccc3c2CCc2ccccc2-3)C1. The minimum atomic E-state index is 0.913. The summed E-state index contributed by atoms with van der Waals surface area (Å²) in [6.07, 6.45) is 7.80. The summed E-state index contributed by atoms with van der Waals surface area (Å²) in [4.78, 5) is 0. The van der Waals surface area contributed by atoms with Gasteiger partial charge in [0.15, 0.2) is 0 Å². The fourth-order valence-corrected chi connectivity index (χ4v) is 4.15. The Kier molecular flexibility index (Phi) is 2.91. The van der Waals surface area contributed by atoms with E-state index in [1.165, 1.54) is 55.2 Å². The predicted molar refractivity (Wildman–Crippen MR) is 85.1 cm³/mol. The van der Waals surface area contributed by atoms with E-state index in [2.05, 4.69) is 43.3 Å². The smallest absolute Gasteiger partial charge is 0.0146 e. The average Bonchev–Trinajstić information content (AvgIpc) is 2.53. The van der Waals surface area contributed by atoms with Gasteiger partial charge in [0.05, 0.1) is 0 Å². The van der Waals surface area contributed by atoms with Crippen LogP contribution in [0.1, 0.15) is 42.0 Å². The molecular weight excluding hydrogens is 240 g/mol. The maximum absolute atomic E-state index is 2.41. The van der Waals surface area contributed by atoms with Gasteiger partial charge in [-0.15, -0.1) is 0 Å². The van der Waals surface area contributed by atoms with Crippen molar-refractivity contribution >= 4 is 0 Å². The van der Waals surface area contributed by atoms with Crippen LogP contribution >= 0.6 is 0 Å². The summed E-state index contributed by atoms with van der Waals surface area (Å²) in [5, 5.41) is 0. The van der Waals surface area contributed by atoms with Gasteiger partial charge in [-0.2, -0.15) is 0 Å². The summed E-state index contributed by atoms with van der Waals surface area (Å²) in [5.41, 5.74) is 9.52. The van der Waals surface area contributed by atoms with Crippen LogP contribution < -0.4 is 0 Å². The molecule has 0 spiro atoms. The molecule has 1 atom stereocenters. The molecule has 0 radical (unpaired) electrons. The zero-order chi connectivity index (χ0) is 13.5. The largest absolute Gasteiger partial charge is 0.0651 e. The lowest BCUT2D eigenvalue weighted by atomic mass is 9.75. The summed E-state index contributed by atoms with van der Waals surface area (Å²) in [7, 11) is 0. The summed E-state index contributed by atoms with van der Waals surface area (Å²) >= 11 is 0. The lowest BCUT2D eigenvalue weighted by Gasteiger charge is -2.30. The van der Waals surface area contributed by atoms with E-state index in [4.69, 9.17) is 0 Å². The van der Waals surface area contributed by atoms with Gasteiger partial charge in [-0.1, -0.05) is 49.7 Å². The Morgan fingerprint density at radius 1 is 0.850 bits per heavy atom. The van der Waals surface area contributed by atoms with Gasteiger partial charge in [-0.05, 0) is 71.4 Å². The molecule has 2 aromatic rings. The molecule has 0 aliphatic heterocycles. The van der Waals surface area contributed by atoms with Crippen molar-refractivity contribution in [2.45, 2.75) is 45.4 Å². The van der Waals surface area contributed by atoms with E-state index in [1.54, 1.807) is 16.7 Å². The number of fused-ring (bicyclic) bond motifs is 5. The number of aryl methyl sites for hydroxylation is 1. The Labute approximate surface area is 121 Å². The van der Waals surface area contributed by atoms with Crippen LogP contribution in [-0.4, -0.2) is 0 Å². The van der Waals surface area contributed by atoms with Gasteiger partial charge in [-0.3, -0.25) is 0 Å². The van der Waals surface area contributed by atoms with Gasteiger partial charge in [0.2, 0.25) is 0 Å². The summed E-state index contributed by atoms with van der Waals surface area (Å²) < 4.78 is 0. The first kappa shape index (κ1) is 12.2. The van der Waals surface area contributed by atoms with Crippen LogP contribution in [0, 0.1) is 5.92 Å². The van der Waals surface area contributed by atoms with Crippen molar-refractivity contribution in [3.8, 4) is 11.1 Å². The van der Waals surface area contributed by atoms with Gasteiger partial charge in [0.1, 0.15) is 0 Å². The molecule has 0 aromatic heterocycles. The van der Waals surface area contributed by atoms with E-state index in [0.717, 1.165) is 5.92 Å². The normalized spacial score (nSPS) is 19.9. The topological polar surface area (TPSA) is 0 Å². The standard InChI is InChI=1S/C20H22/c1-2-14-7-10-18-16(13-14)9-12-19-17-6-4-3-5-15(17)8-11-20(18)19/h3-6,9,12,14H,2,7-8,10-11,13H2,1H3. The van der Waals surface area contributed by atoms with Crippen LogP contribution in [0.5, 0.6) is 0 Å². The number of rotatable bonds is 1. The van der Waals surface area contributed by atoms with Crippen molar-refractivity contribution in [1.29, 1.82) is 0 Å². The van der Waals surface area contributed by atoms with E-state index in [-0.39, 0.29) is 0 Å². The third-order valence-electron chi connectivity index (χ3n) is 5.37. The highest BCUT2D eigenvalue weighted by Gasteiger charge is 2.24. The second-order valence-corrected chi connectivity index (χ2v) is 6.40. The van der Waals surface area contributed by atoms with Crippen LogP contribution in [0.15, 0.2) is 36.4 Å². The predicted octanol–water partition coefficient (Wildman–Crippen LogP) is 4.97. The molecular formula is C20H22. The molecule has 0 saturated carbocycles. The monoisotopic (exact) mass is 262 g/mol. The highest BCUT2D eigenvalue weighted by Crippen LogP contribution is 2.39. The Hall–Kier alpha value is -1.56. The van der Waals surface area contributed by atoms with E-state index in [1.807, 2.05) is 0 Å². The molecule has 0 heterocycles. The molecule has 0 nitrogen and oxygen atoms in total. The highest BCUT2D eigenvalue weighted by molar-refractivity contribution is 5.75. The fraction of sp³-hybridized carbons (Fsp3) is 0.400. The van der Waals surface area contributed by atoms with Crippen molar-refractivity contribution in [3.63, 3.8) is 0 Å². The minimum Gasteiger partial charge on any atom is -0.0651 e. The van der Waals surface area contributed by atoms with Gasteiger partial charge in [0.25, 0.3) is 0 Å². The average molecular weight is 262 g/mol. The minimum absolute atomic E-state index is 0.913. The second kappa shape index (κ2) is 4.77. The van der Waals surface area contributed by atoms with E-state index in [0.29, 0.717) is 0 Å². The highest BCUT2D eigenvalue weighted by atomic mass is 14.3. The molecule has 2 aliphatic carbocycles. The van der Waals surface area contributed by atoms with E-state index in [9.17, 15) is 0 Å². The number of hydrogen-bond donors (Lipinski definition) is 0. The molecule has 0 saturated heterocycles. The molecule has 20 heavy (non-hydrogen) atoms.